The summed E-state index contributed by atoms with van der Waals surface area (Å²) in [4.78, 5) is 34.9. The minimum atomic E-state index is -0.316. The number of rotatable bonds is 4. The molecule has 1 aromatic carbocycles. The number of nitrogens with zero attached hydrogens (tertiary/aromatic N) is 5. The lowest BCUT2D eigenvalue weighted by Gasteiger charge is -2.31. The molecule has 0 radical (unpaired) electrons. The maximum atomic E-state index is 12.8. The number of nitrogens with one attached hydrogen (secondary N) is 1. The molecule has 34 heavy (non-hydrogen) atoms. The van der Waals surface area contributed by atoms with E-state index in [1.807, 2.05) is 0 Å². The first-order valence-corrected chi connectivity index (χ1v) is 11.6. The first-order valence-electron chi connectivity index (χ1n) is 11.6. The molecule has 176 valence electrons. The first kappa shape index (κ1) is 22.1. The van der Waals surface area contributed by atoms with Crippen molar-refractivity contribution in [3.63, 3.8) is 0 Å². The zero-order valence-corrected chi connectivity index (χ0v) is 19.6. The maximum Gasteiger partial charge on any atom is 0.289 e. The highest BCUT2D eigenvalue weighted by atomic mass is 16.3. The summed E-state index contributed by atoms with van der Waals surface area (Å²) in [5, 5.41) is 8.26. The van der Waals surface area contributed by atoms with Crippen LogP contribution in [-0.4, -0.2) is 48.9 Å². The number of piperidine rings is 1. The van der Waals surface area contributed by atoms with E-state index in [4.69, 9.17) is 9.40 Å². The minimum absolute atomic E-state index is 0.0778. The number of benzene rings is 1. The van der Waals surface area contributed by atoms with E-state index in [0.29, 0.717) is 36.9 Å². The van der Waals surface area contributed by atoms with Crippen molar-refractivity contribution in [2.75, 3.05) is 13.1 Å². The zero-order chi connectivity index (χ0) is 23.9. The molecular formula is C25H28N6O3. The number of amides is 1. The Kier molecular flexibility index (Phi) is 5.55. The molecule has 0 spiro atoms. The van der Waals surface area contributed by atoms with Crippen molar-refractivity contribution in [3.05, 3.63) is 75.7 Å². The van der Waals surface area contributed by atoms with Gasteiger partial charge in [-0.05, 0) is 41.5 Å². The van der Waals surface area contributed by atoms with Gasteiger partial charge in [-0.25, -0.2) is 9.67 Å². The molecule has 4 aromatic rings. The van der Waals surface area contributed by atoms with E-state index in [1.165, 1.54) is 11.8 Å². The van der Waals surface area contributed by atoms with Crippen molar-refractivity contribution < 1.29 is 9.21 Å². The van der Waals surface area contributed by atoms with E-state index < -0.39 is 0 Å². The second-order valence-electron chi connectivity index (χ2n) is 9.89. The third kappa shape index (κ3) is 4.25. The lowest BCUT2D eigenvalue weighted by atomic mass is 9.87. The van der Waals surface area contributed by atoms with Crippen molar-refractivity contribution >= 4 is 17.1 Å². The highest BCUT2D eigenvalue weighted by Crippen LogP contribution is 2.26. The van der Waals surface area contributed by atoms with Gasteiger partial charge in [0.15, 0.2) is 16.9 Å². The second-order valence-corrected chi connectivity index (χ2v) is 9.89. The van der Waals surface area contributed by atoms with Gasteiger partial charge >= 0.3 is 0 Å². The van der Waals surface area contributed by atoms with Crippen LogP contribution in [0.5, 0.6) is 0 Å². The van der Waals surface area contributed by atoms with Gasteiger partial charge in [-0.3, -0.25) is 9.59 Å². The molecule has 4 heterocycles. The van der Waals surface area contributed by atoms with E-state index in [-0.39, 0.29) is 28.3 Å². The average Bonchev–Trinajstić information content (AvgIpc) is 3.49. The number of hydrogen-bond donors (Lipinski definition) is 1. The van der Waals surface area contributed by atoms with Crippen LogP contribution in [0.15, 0.2) is 51.9 Å². The predicted molar refractivity (Wildman–Crippen MR) is 127 cm³/mol. The van der Waals surface area contributed by atoms with Gasteiger partial charge in [-0.15, -0.1) is 5.10 Å². The molecule has 0 unspecified atom stereocenters. The molecule has 1 fully saturated rings. The lowest BCUT2D eigenvalue weighted by Crippen LogP contribution is -2.39. The quantitative estimate of drug-likeness (QED) is 0.499. The van der Waals surface area contributed by atoms with Gasteiger partial charge in [0.25, 0.3) is 11.5 Å². The van der Waals surface area contributed by atoms with Gasteiger partial charge < -0.3 is 14.3 Å². The number of aromatic nitrogens is 5. The summed E-state index contributed by atoms with van der Waals surface area (Å²) >= 11 is 0. The predicted octanol–water partition coefficient (Wildman–Crippen LogP) is 3.47. The third-order valence-electron chi connectivity index (χ3n) is 6.37. The van der Waals surface area contributed by atoms with Gasteiger partial charge in [0.05, 0.1) is 12.8 Å². The van der Waals surface area contributed by atoms with Gasteiger partial charge in [-0.2, -0.15) is 0 Å². The molecule has 0 saturated carbocycles. The summed E-state index contributed by atoms with van der Waals surface area (Å²) in [5.41, 5.74) is 2.74. The van der Waals surface area contributed by atoms with Crippen LogP contribution in [0.4, 0.5) is 0 Å². The molecule has 0 aliphatic carbocycles. The molecular weight excluding hydrogens is 432 g/mol. The van der Waals surface area contributed by atoms with E-state index in [0.717, 1.165) is 18.4 Å². The van der Waals surface area contributed by atoms with Crippen molar-refractivity contribution in [1.82, 2.24) is 29.9 Å². The largest absolute Gasteiger partial charge is 0.459 e. The smallest absolute Gasteiger partial charge is 0.289 e. The SMILES string of the molecule is CC(C)(C)c1ccc(Cn2nnc3c(=O)[nH]c([C@@H]4CCCN(C(=O)c5ccco5)C4)nc32)cc1. The van der Waals surface area contributed by atoms with Crippen LogP contribution < -0.4 is 5.56 Å². The Morgan fingerprint density at radius 3 is 2.71 bits per heavy atom. The number of fused-ring (bicyclic) bond motifs is 1. The van der Waals surface area contributed by atoms with Crippen LogP contribution in [0.25, 0.3) is 11.2 Å². The summed E-state index contributed by atoms with van der Waals surface area (Å²) in [6.07, 6.45) is 3.13. The van der Waals surface area contributed by atoms with E-state index in [9.17, 15) is 9.59 Å². The van der Waals surface area contributed by atoms with Crippen molar-refractivity contribution in [1.29, 1.82) is 0 Å². The summed E-state index contributed by atoms with van der Waals surface area (Å²) in [5.74, 6) is 0.640. The number of carbonyl (C=O) groups excluding carboxylic acids is 1. The van der Waals surface area contributed by atoms with Crippen molar-refractivity contribution in [3.8, 4) is 0 Å². The fourth-order valence-corrected chi connectivity index (χ4v) is 4.41. The molecule has 1 aliphatic rings. The minimum Gasteiger partial charge on any atom is -0.459 e. The van der Waals surface area contributed by atoms with E-state index in [1.54, 1.807) is 21.7 Å². The molecule has 5 rings (SSSR count). The Morgan fingerprint density at radius 1 is 1.21 bits per heavy atom. The number of H-pyrrole nitrogens is 1. The number of furan rings is 1. The van der Waals surface area contributed by atoms with E-state index >= 15 is 0 Å². The number of carbonyl (C=O) groups is 1. The van der Waals surface area contributed by atoms with Crippen LogP contribution in [0, 0.1) is 0 Å². The highest BCUT2D eigenvalue weighted by molar-refractivity contribution is 5.91. The number of hydrogen-bond acceptors (Lipinski definition) is 6. The molecule has 0 bridgehead atoms. The van der Waals surface area contributed by atoms with Gasteiger partial charge in [0, 0.05) is 19.0 Å². The molecule has 1 saturated heterocycles. The molecule has 1 atom stereocenters. The molecule has 1 N–H and O–H groups in total. The summed E-state index contributed by atoms with van der Waals surface area (Å²) in [6.45, 7) is 8.11. The summed E-state index contributed by atoms with van der Waals surface area (Å²) in [7, 11) is 0. The van der Waals surface area contributed by atoms with Crippen molar-refractivity contribution in [2.24, 2.45) is 0 Å². The lowest BCUT2D eigenvalue weighted by molar-refractivity contribution is 0.0672. The summed E-state index contributed by atoms with van der Waals surface area (Å²) < 4.78 is 6.93. The van der Waals surface area contributed by atoms with Crippen LogP contribution in [-0.2, 0) is 12.0 Å². The van der Waals surface area contributed by atoms with Crippen LogP contribution >= 0.6 is 0 Å². The molecule has 9 nitrogen and oxygen atoms in total. The van der Waals surface area contributed by atoms with Crippen LogP contribution in [0.1, 0.15) is 67.0 Å². The Labute approximate surface area is 196 Å². The standard InChI is InChI=1S/C25H28N6O3/c1-25(2,3)18-10-8-16(9-11-18)14-31-22-20(28-29-31)23(32)27-21(26-22)17-6-4-12-30(15-17)24(33)19-7-5-13-34-19/h5,7-11,13,17H,4,6,12,14-15H2,1-3H3,(H,26,27,32)/t17-/m1/s1. The topological polar surface area (TPSA) is 110 Å². The van der Waals surface area contributed by atoms with E-state index in [2.05, 4.69) is 60.3 Å². The van der Waals surface area contributed by atoms with Crippen LogP contribution in [0.3, 0.4) is 0 Å². The monoisotopic (exact) mass is 460 g/mol. The Balaban J connectivity index is 1.41. The zero-order valence-electron chi connectivity index (χ0n) is 19.6. The van der Waals surface area contributed by atoms with Crippen molar-refractivity contribution in [2.45, 2.75) is 51.5 Å². The molecule has 1 aliphatic heterocycles. The molecule has 3 aromatic heterocycles. The maximum absolute atomic E-state index is 12.8. The highest BCUT2D eigenvalue weighted by Gasteiger charge is 2.29. The Bertz CT molecular complexity index is 1360. The summed E-state index contributed by atoms with van der Waals surface area (Å²) in [6, 6.07) is 11.7. The molecule has 1 amide bonds. The van der Waals surface area contributed by atoms with Gasteiger partial charge in [0.1, 0.15) is 5.82 Å². The third-order valence-corrected chi connectivity index (χ3v) is 6.37. The Hall–Kier alpha value is -3.75. The molecule has 9 heteroatoms. The normalized spacial score (nSPS) is 16.8. The second kappa shape index (κ2) is 8.55. The fraction of sp³-hybridized carbons (Fsp3) is 0.400. The Morgan fingerprint density at radius 2 is 2.00 bits per heavy atom. The number of aromatic amines is 1. The fourth-order valence-electron chi connectivity index (χ4n) is 4.41. The first-order chi connectivity index (χ1) is 16.3. The average molecular weight is 461 g/mol. The number of likely N-dealkylation sites (tertiary alicyclic amines) is 1. The van der Waals surface area contributed by atoms with Gasteiger partial charge in [0.2, 0.25) is 0 Å². The van der Waals surface area contributed by atoms with Gasteiger partial charge in [-0.1, -0.05) is 50.3 Å². The van der Waals surface area contributed by atoms with Crippen LogP contribution in [0.2, 0.25) is 0 Å².